The van der Waals surface area contributed by atoms with Crippen molar-refractivity contribution in [3.63, 3.8) is 0 Å². The number of benzene rings is 2. The van der Waals surface area contributed by atoms with Crippen LogP contribution in [0.4, 0.5) is 10.1 Å². The first-order chi connectivity index (χ1) is 13.1. The van der Waals surface area contributed by atoms with Gasteiger partial charge in [0.1, 0.15) is 11.6 Å². The number of hydrogen-bond acceptors (Lipinski definition) is 5. The third kappa shape index (κ3) is 3.81. The number of amides is 1. The summed E-state index contributed by atoms with van der Waals surface area (Å²) in [5, 5.41) is 2.76. The Hall–Kier alpha value is -2.09. The van der Waals surface area contributed by atoms with Crippen LogP contribution in [0, 0.1) is 5.82 Å². The highest BCUT2D eigenvalue weighted by Gasteiger charge is 2.35. The Morgan fingerprint density at radius 3 is 2.74 bits per heavy atom. The Morgan fingerprint density at radius 2 is 1.96 bits per heavy atom. The summed E-state index contributed by atoms with van der Waals surface area (Å²) in [4.78, 5) is 13.1. The quantitative estimate of drug-likeness (QED) is 0.858. The highest BCUT2D eigenvalue weighted by Crippen LogP contribution is 2.40. The highest BCUT2D eigenvalue weighted by atomic mass is 32.2. The van der Waals surface area contributed by atoms with E-state index in [1.807, 2.05) is 18.2 Å². The van der Waals surface area contributed by atoms with E-state index < -0.39 is 5.60 Å². The zero-order chi connectivity index (χ0) is 18.9. The number of hydrogen-bond donors (Lipinski definition) is 1. The zero-order valence-electron chi connectivity index (χ0n) is 14.9. The topological polar surface area (TPSA) is 56.8 Å². The molecule has 0 aliphatic carbocycles. The SMILES string of the molecule is COC1(c2cc(F)cc(Sc3ccc4c(c3)OCC(=O)N4)c2)CCOCC1. The van der Waals surface area contributed by atoms with E-state index in [0.29, 0.717) is 37.5 Å². The Bertz CT molecular complexity index is 867. The first-order valence-electron chi connectivity index (χ1n) is 8.76. The number of carbonyl (C=O) groups is 1. The number of rotatable bonds is 4. The van der Waals surface area contributed by atoms with Crippen LogP contribution in [0.3, 0.4) is 0 Å². The maximum absolute atomic E-state index is 14.3. The van der Waals surface area contributed by atoms with Gasteiger partial charge in [-0.15, -0.1) is 0 Å². The average molecular weight is 389 g/mol. The Balaban J connectivity index is 1.61. The second-order valence-electron chi connectivity index (χ2n) is 6.58. The van der Waals surface area contributed by atoms with E-state index >= 15 is 0 Å². The molecule has 1 fully saturated rings. The predicted molar refractivity (Wildman–Crippen MR) is 99.8 cm³/mol. The molecule has 2 aromatic carbocycles. The van der Waals surface area contributed by atoms with Crippen molar-refractivity contribution >= 4 is 23.4 Å². The summed E-state index contributed by atoms with van der Waals surface area (Å²) in [5.41, 5.74) is 0.965. The molecule has 7 heteroatoms. The van der Waals surface area contributed by atoms with Crippen LogP contribution in [0.1, 0.15) is 18.4 Å². The van der Waals surface area contributed by atoms with Gasteiger partial charge in [-0.2, -0.15) is 0 Å². The van der Waals surface area contributed by atoms with Gasteiger partial charge in [0, 0.05) is 43.0 Å². The summed E-state index contributed by atoms with van der Waals surface area (Å²) in [6, 6.07) is 10.6. The van der Waals surface area contributed by atoms with Crippen molar-refractivity contribution in [3.8, 4) is 5.75 Å². The molecule has 27 heavy (non-hydrogen) atoms. The Kier molecular flexibility index (Phi) is 5.08. The lowest BCUT2D eigenvalue weighted by Crippen LogP contribution is -2.35. The van der Waals surface area contributed by atoms with Crippen molar-refractivity contribution in [1.29, 1.82) is 0 Å². The van der Waals surface area contributed by atoms with Gasteiger partial charge < -0.3 is 19.5 Å². The number of ether oxygens (including phenoxy) is 3. The maximum Gasteiger partial charge on any atom is 0.262 e. The van der Waals surface area contributed by atoms with Crippen LogP contribution in [-0.2, 0) is 19.9 Å². The molecule has 1 N–H and O–H groups in total. The minimum absolute atomic E-state index is 0.00363. The van der Waals surface area contributed by atoms with Gasteiger partial charge in [-0.05, 0) is 42.0 Å². The van der Waals surface area contributed by atoms with E-state index in [-0.39, 0.29) is 18.3 Å². The van der Waals surface area contributed by atoms with Crippen LogP contribution in [0.5, 0.6) is 5.75 Å². The number of nitrogens with one attached hydrogen (secondary N) is 1. The van der Waals surface area contributed by atoms with Crippen LogP contribution in [0.15, 0.2) is 46.2 Å². The third-order valence-electron chi connectivity index (χ3n) is 4.91. The van der Waals surface area contributed by atoms with Crippen molar-refractivity contribution < 1.29 is 23.4 Å². The van der Waals surface area contributed by atoms with Gasteiger partial charge in [-0.25, -0.2) is 4.39 Å². The van der Waals surface area contributed by atoms with Gasteiger partial charge in [0.05, 0.1) is 11.3 Å². The normalized spacial score (nSPS) is 18.4. The molecular weight excluding hydrogens is 369 g/mol. The van der Waals surface area contributed by atoms with Gasteiger partial charge in [-0.3, -0.25) is 4.79 Å². The molecule has 2 aromatic rings. The molecule has 5 nitrogen and oxygen atoms in total. The smallest absolute Gasteiger partial charge is 0.262 e. The standard InChI is InChI=1S/C20H20FNO4S/c1-24-20(4-6-25-7-5-20)13-8-14(21)10-16(9-13)27-15-2-3-17-18(11-15)26-12-19(23)22-17/h2-3,8-11H,4-7,12H2,1H3,(H,22,23). The van der Waals surface area contributed by atoms with E-state index in [1.54, 1.807) is 19.2 Å². The first kappa shape index (κ1) is 18.3. The summed E-state index contributed by atoms with van der Waals surface area (Å²) in [6.45, 7) is 1.20. The van der Waals surface area contributed by atoms with Crippen molar-refractivity contribution in [1.82, 2.24) is 0 Å². The van der Waals surface area contributed by atoms with Gasteiger partial charge in [-0.1, -0.05) is 11.8 Å². The predicted octanol–water partition coefficient (Wildman–Crippen LogP) is 3.96. The number of methoxy groups -OCH3 is 1. The molecule has 4 rings (SSSR count). The van der Waals surface area contributed by atoms with Crippen LogP contribution in [0.25, 0.3) is 0 Å². The fourth-order valence-corrected chi connectivity index (χ4v) is 4.38. The Morgan fingerprint density at radius 1 is 1.15 bits per heavy atom. The molecule has 1 amide bonds. The van der Waals surface area contributed by atoms with Crippen molar-refractivity contribution in [2.24, 2.45) is 0 Å². The lowest BCUT2D eigenvalue weighted by Gasteiger charge is -2.36. The van der Waals surface area contributed by atoms with E-state index in [2.05, 4.69) is 5.32 Å². The average Bonchev–Trinajstić information content (AvgIpc) is 2.68. The number of carbonyl (C=O) groups excluding carboxylic acids is 1. The van der Waals surface area contributed by atoms with Gasteiger partial charge in [0.25, 0.3) is 5.91 Å². The molecule has 0 unspecified atom stereocenters. The molecule has 0 saturated carbocycles. The lowest BCUT2D eigenvalue weighted by molar-refractivity contribution is -0.118. The second-order valence-corrected chi connectivity index (χ2v) is 7.73. The number of halogens is 1. The minimum Gasteiger partial charge on any atom is -0.482 e. The van der Waals surface area contributed by atoms with Gasteiger partial charge in [0.15, 0.2) is 6.61 Å². The number of fused-ring (bicyclic) bond motifs is 1. The highest BCUT2D eigenvalue weighted by molar-refractivity contribution is 7.99. The molecule has 1 saturated heterocycles. The molecule has 2 aliphatic rings. The third-order valence-corrected chi connectivity index (χ3v) is 5.87. The van der Waals surface area contributed by atoms with Crippen LogP contribution >= 0.6 is 11.8 Å². The largest absolute Gasteiger partial charge is 0.482 e. The summed E-state index contributed by atoms with van der Waals surface area (Å²) in [5.74, 6) is 0.160. The minimum atomic E-state index is -0.515. The molecule has 142 valence electrons. The molecule has 2 aliphatic heterocycles. The van der Waals surface area contributed by atoms with Crippen molar-refractivity contribution in [2.75, 3.05) is 32.2 Å². The summed E-state index contributed by atoms with van der Waals surface area (Å²) >= 11 is 1.44. The second kappa shape index (κ2) is 7.50. The molecule has 0 aromatic heterocycles. The first-order valence-corrected chi connectivity index (χ1v) is 9.58. The fraction of sp³-hybridized carbons (Fsp3) is 0.350. The van der Waals surface area contributed by atoms with E-state index in [0.717, 1.165) is 15.4 Å². The van der Waals surface area contributed by atoms with E-state index in [9.17, 15) is 9.18 Å². The van der Waals surface area contributed by atoms with Gasteiger partial charge >= 0.3 is 0 Å². The van der Waals surface area contributed by atoms with Crippen LogP contribution < -0.4 is 10.1 Å². The molecule has 0 radical (unpaired) electrons. The summed E-state index contributed by atoms with van der Waals surface area (Å²) < 4.78 is 31.0. The van der Waals surface area contributed by atoms with Gasteiger partial charge in [0.2, 0.25) is 0 Å². The van der Waals surface area contributed by atoms with E-state index in [4.69, 9.17) is 14.2 Å². The summed E-state index contributed by atoms with van der Waals surface area (Å²) in [7, 11) is 1.66. The van der Waals surface area contributed by atoms with Crippen LogP contribution in [0.2, 0.25) is 0 Å². The van der Waals surface area contributed by atoms with E-state index in [1.165, 1.54) is 17.8 Å². The van der Waals surface area contributed by atoms with Crippen molar-refractivity contribution in [2.45, 2.75) is 28.2 Å². The maximum atomic E-state index is 14.3. The molecule has 0 atom stereocenters. The zero-order valence-corrected chi connectivity index (χ0v) is 15.7. The number of anilines is 1. The summed E-state index contributed by atoms with van der Waals surface area (Å²) in [6.07, 6.45) is 1.40. The molecule has 0 bridgehead atoms. The molecule has 0 spiro atoms. The molecule has 2 heterocycles. The Labute approximate surface area is 161 Å². The monoisotopic (exact) mass is 389 g/mol. The molecular formula is C20H20FNO4S. The fourth-order valence-electron chi connectivity index (χ4n) is 3.45. The lowest BCUT2D eigenvalue weighted by atomic mass is 9.86. The van der Waals surface area contributed by atoms with Crippen molar-refractivity contribution in [3.05, 3.63) is 47.8 Å². The van der Waals surface area contributed by atoms with Crippen LogP contribution in [-0.4, -0.2) is 32.8 Å².